The Labute approximate surface area is 207 Å². The summed E-state index contributed by atoms with van der Waals surface area (Å²) in [6.45, 7) is 2.27. The van der Waals surface area contributed by atoms with E-state index < -0.39 is 12.0 Å². The smallest absolute Gasteiger partial charge is 0.337 e. The highest BCUT2D eigenvalue weighted by Crippen LogP contribution is 2.38. The van der Waals surface area contributed by atoms with Crippen molar-refractivity contribution in [3.05, 3.63) is 111 Å². The molecule has 1 aliphatic rings. The Balaban J connectivity index is 1.59. The van der Waals surface area contributed by atoms with Crippen LogP contribution in [0, 0.1) is 6.92 Å². The minimum absolute atomic E-state index is 0.0631. The van der Waals surface area contributed by atoms with Crippen LogP contribution in [0.3, 0.4) is 0 Å². The van der Waals surface area contributed by atoms with Crippen molar-refractivity contribution in [2.45, 2.75) is 19.4 Å². The first-order valence-corrected chi connectivity index (χ1v) is 11.6. The van der Waals surface area contributed by atoms with Crippen LogP contribution in [0.2, 0.25) is 0 Å². The summed E-state index contributed by atoms with van der Waals surface area (Å²) >= 11 is 0. The third kappa shape index (κ3) is 4.02. The molecule has 7 nitrogen and oxygen atoms in total. The number of carbonyl (C=O) groups is 2. The number of nitrogens with zero attached hydrogens (tertiary/aromatic N) is 1. The van der Waals surface area contributed by atoms with Gasteiger partial charge in [0, 0.05) is 6.54 Å². The molecule has 1 aliphatic heterocycles. The lowest BCUT2D eigenvalue weighted by Crippen LogP contribution is -2.31. The SMILES string of the molecule is COC(=O)c1ccc([C@H]2c3c(oc4ccc(C)cc4c3=O)C(=O)N2CCc2ccc(OC)cc2)cc1. The molecule has 36 heavy (non-hydrogen) atoms. The van der Waals surface area contributed by atoms with Crippen molar-refractivity contribution in [3.63, 3.8) is 0 Å². The Morgan fingerprint density at radius 3 is 2.36 bits per heavy atom. The zero-order valence-electron chi connectivity index (χ0n) is 20.2. The van der Waals surface area contributed by atoms with Crippen LogP contribution in [0.1, 0.15) is 49.2 Å². The maximum atomic E-state index is 13.7. The number of hydrogen-bond donors (Lipinski definition) is 0. The number of fused-ring (bicyclic) bond motifs is 2. The van der Waals surface area contributed by atoms with Gasteiger partial charge in [0.25, 0.3) is 5.91 Å². The highest BCUT2D eigenvalue weighted by molar-refractivity contribution is 5.99. The topological polar surface area (TPSA) is 86.0 Å². The zero-order valence-corrected chi connectivity index (χ0v) is 20.2. The molecule has 0 saturated heterocycles. The lowest BCUT2D eigenvalue weighted by molar-refractivity contribution is 0.0600. The lowest BCUT2D eigenvalue weighted by atomic mass is 9.97. The molecule has 0 bridgehead atoms. The van der Waals surface area contributed by atoms with Gasteiger partial charge in [-0.25, -0.2) is 4.79 Å². The molecule has 4 aromatic rings. The molecule has 0 saturated carbocycles. The molecule has 1 atom stereocenters. The fourth-order valence-corrected chi connectivity index (χ4v) is 4.67. The van der Waals surface area contributed by atoms with E-state index >= 15 is 0 Å². The Morgan fingerprint density at radius 1 is 0.972 bits per heavy atom. The van der Waals surface area contributed by atoms with Crippen molar-refractivity contribution >= 4 is 22.8 Å². The third-order valence-electron chi connectivity index (χ3n) is 6.57. The van der Waals surface area contributed by atoms with Crippen LogP contribution in [-0.2, 0) is 11.2 Å². The molecule has 0 N–H and O–H groups in total. The zero-order chi connectivity index (χ0) is 25.4. The Hall–Kier alpha value is -4.39. The first-order chi connectivity index (χ1) is 17.4. The number of hydrogen-bond acceptors (Lipinski definition) is 6. The van der Waals surface area contributed by atoms with Crippen molar-refractivity contribution in [2.24, 2.45) is 0 Å². The summed E-state index contributed by atoms with van der Waals surface area (Å²) in [4.78, 5) is 40.9. The van der Waals surface area contributed by atoms with Gasteiger partial charge in [-0.15, -0.1) is 0 Å². The molecule has 0 fully saturated rings. The third-order valence-corrected chi connectivity index (χ3v) is 6.57. The predicted octanol–water partition coefficient (Wildman–Crippen LogP) is 4.68. The molecule has 0 radical (unpaired) electrons. The maximum absolute atomic E-state index is 13.7. The minimum Gasteiger partial charge on any atom is -0.497 e. The minimum atomic E-state index is -0.640. The van der Waals surface area contributed by atoms with E-state index in [1.54, 1.807) is 48.4 Å². The number of ether oxygens (including phenoxy) is 2. The second-order valence-corrected chi connectivity index (χ2v) is 8.79. The lowest BCUT2D eigenvalue weighted by Gasteiger charge is -2.25. The average Bonchev–Trinajstić information content (AvgIpc) is 3.19. The number of aryl methyl sites for hydroxylation is 1. The number of rotatable bonds is 6. The normalized spacial score (nSPS) is 14.7. The first-order valence-electron chi connectivity index (χ1n) is 11.6. The number of amides is 1. The molecular formula is C29H25NO6. The monoisotopic (exact) mass is 483 g/mol. The molecule has 7 heteroatoms. The Bertz CT molecular complexity index is 1520. The Kier molecular flexibility index (Phi) is 6.06. The van der Waals surface area contributed by atoms with E-state index in [1.165, 1.54) is 7.11 Å². The quantitative estimate of drug-likeness (QED) is 0.370. The average molecular weight is 484 g/mol. The van der Waals surface area contributed by atoms with Crippen molar-refractivity contribution < 1.29 is 23.5 Å². The summed E-state index contributed by atoms with van der Waals surface area (Å²) in [5.41, 5.74) is 3.53. The van der Waals surface area contributed by atoms with Gasteiger partial charge in [-0.3, -0.25) is 9.59 Å². The molecule has 0 aliphatic carbocycles. The second-order valence-electron chi connectivity index (χ2n) is 8.79. The molecule has 0 spiro atoms. The summed E-state index contributed by atoms with van der Waals surface area (Å²) in [6.07, 6.45) is 0.577. The van der Waals surface area contributed by atoms with Crippen LogP contribution in [0.5, 0.6) is 5.75 Å². The van der Waals surface area contributed by atoms with Crippen LogP contribution < -0.4 is 10.2 Å². The molecule has 1 amide bonds. The molecule has 182 valence electrons. The van der Waals surface area contributed by atoms with E-state index in [0.29, 0.717) is 40.6 Å². The van der Waals surface area contributed by atoms with Crippen LogP contribution in [0.15, 0.2) is 75.9 Å². The summed E-state index contributed by atoms with van der Waals surface area (Å²) < 4.78 is 16.0. The predicted molar refractivity (Wildman–Crippen MR) is 135 cm³/mol. The molecule has 5 rings (SSSR count). The van der Waals surface area contributed by atoms with Gasteiger partial charge in [0.15, 0.2) is 5.43 Å². The fourth-order valence-electron chi connectivity index (χ4n) is 4.67. The van der Waals surface area contributed by atoms with Crippen molar-refractivity contribution in [2.75, 3.05) is 20.8 Å². The van der Waals surface area contributed by atoms with Gasteiger partial charge in [0.1, 0.15) is 11.3 Å². The summed E-state index contributed by atoms with van der Waals surface area (Å²) in [5, 5.41) is 0.440. The number of benzene rings is 3. The van der Waals surface area contributed by atoms with E-state index in [-0.39, 0.29) is 17.1 Å². The van der Waals surface area contributed by atoms with Gasteiger partial charge in [-0.05, 0) is 60.9 Å². The molecule has 1 aromatic heterocycles. The van der Waals surface area contributed by atoms with Gasteiger partial charge in [0.2, 0.25) is 5.76 Å². The fraction of sp³-hybridized carbons (Fsp3) is 0.207. The highest BCUT2D eigenvalue weighted by atomic mass is 16.5. The van der Waals surface area contributed by atoms with Gasteiger partial charge >= 0.3 is 5.97 Å². The largest absolute Gasteiger partial charge is 0.497 e. The van der Waals surface area contributed by atoms with Crippen molar-refractivity contribution in [1.82, 2.24) is 4.90 Å². The van der Waals surface area contributed by atoms with E-state index in [9.17, 15) is 14.4 Å². The molecule has 3 aromatic carbocycles. The van der Waals surface area contributed by atoms with E-state index in [2.05, 4.69) is 0 Å². The Morgan fingerprint density at radius 2 is 1.69 bits per heavy atom. The summed E-state index contributed by atoms with van der Waals surface area (Å²) in [7, 11) is 2.93. The van der Waals surface area contributed by atoms with E-state index in [1.807, 2.05) is 37.3 Å². The molecule has 2 heterocycles. The van der Waals surface area contributed by atoms with Gasteiger partial charge in [-0.2, -0.15) is 0 Å². The number of carbonyl (C=O) groups excluding carboxylic acids is 2. The van der Waals surface area contributed by atoms with Gasteiger partial charge < -0.3 is 18.8 Å². The van der Waals surface area contributed by atoms with Crippen LogP contribution in [0.25, 0.3) is 11.0 Å². The summed E-state index contributed by atoms with van der Waals surface area (Å²) in [6, 6.07) is 19.1. The van der Waals surface area contributed by atoms with E-state index in [0.717, 1.165) is 16.9 Å². The van der Waals surface area contributed by atoms with Crippen molar-refractivity contribution in [3.8, 4) is 5.75 Å². The number of esters is 1. The van der Waals surface area contributed by atoms with Crippen LogP contribution >= 0.6 is 0 Å². The maximum Gasteiger partial charge on any atom is 0.337 e. The summed E-state index contributed by atoms with van der Waals surface area (Å²) in [5.74, 6) is 0.0267. The number of methoxy groups -OCH3 is 2. The first kappa shape index (κ1) is 23.4. The second kappa shape index (κ2) is 9.34. The van der Waals surface area contributed by atoms with Crippen molar-refractivity contribution in [1.29, 1.82) is 0 Å². The van der Waals surface area contributed by atoms with E-state index in [4.69, 9.17) is 13.9 Å². The molecular weight excluding hydrogens is 458 g/mol. The van der Waals surface area contributed by atoms with Gasteiger partial charge in [-0.1, -0.05) is 35.9 Å². The molecule has 0 unspecified atom stereocenters. The van der Waals surface area contributed by atoms with Crippen LogP contribution in [-0.4, -0.2) is 37.5 Å². The van der Waals surface area contributed by atoms with Gasteiger partial charge in [0.05, 0.1) is 36.8 Å². The standard InChI is InChI=1S/C29H25NO6/c1-17-4-13-23-22(16-17)26(31)24-25(19-7-9-20(10-8-19)29(33)35-3)30(28(32)27(24)36-23)15-14-18-5-11-21(34-2)12-6-18/h4-13,16,25H,14-15H2,1-3H3/t25-/m0/s1. The highest BCUT2D eigenvalue weighted by Gasteiger charge is 2.42. The van der Waals surface area contributed by atoms with Crippen LogP contribution in [0.4, 0.5) is 0 Å².